The SMILES string of the molecule is CC(c1ccc(F)cc1)N(C)C(=O)NCCc1cc(Cl)cc(Cl)c1. The molecule has 6 heteroatoms. The first kappa shape index (κ1) is 18.6. The van der Waals surface area contributed by atoms with E-state index in [4.69, 9.17) is 23.2 Å². The maximum atomic E-state index is 13.0. The molecule has 1 unspecified atom stereocenters. The van der Waals surface area contributed by atoms with Gasteiger partial charge in [-0.05, 0) is 54.8 Å². The molecule has 3 nitrogen and oxygen atoms in total. The van der Waals surface area contributed by atoms with Crippen LogP contribution in [0.25, 0.3) is 0 Å². The molecule has 0 spiro atoms. The average Bonchev–Trinajstić information content (AvgIpc) is 2.53. The van der Waals surface area contributed by atoms with Crippen molar-refractivity contribution in [1.82, 2.24) is 10.2 Å². The van der Waals surface area contributed by atoms with Gasteiger partial charge in [-0.3, -0.25) is 0 Å². The first-order valence-electron chi connectivity index (χ1n) is 7.58. The highest BCUT2D eigenvalue weighted by atomic mass is 35.5. The molecular formula is C18H19Cl2FN2O. The van der Waals surface area contributed by atoms with Crippen molar-refractivity contribution >= 4 is 29.2 Å². The molecule has 0 aromatic heterocycles. The van der Waals surface area contributed by atoms with Gasteiger partial charge in [-0.1, -0.05) is 35.3 Å². The number of halogens is 3. The van der Waals surface area contributed by atoms with Crippen LogP contribution in [-0.4, -0.2) is 24.5 Å². The van der Waals surface area contributed by atoms with E-state index in [9.17, 15) is 9.18 Å². The van der Waals surface area contributed by atoms with Crippen LogP contribution in [0.15, 0.2) is 42.5 Å². The van der Waals surface area contributed by atoms with E-state index in [1.54, 1.807) is 30.1 Å². The molecule has 0 aliphatic carbocycles. The number of amides is 2. The summed E-state index contributed by atoms with van der Waals surface area (Å²) in [4.78, 5) is 13.8. The summed E-state index contributed by atoms with van der Waals surface area (Å²) < 4.78 is 13.0. The molecule has 2 rings (SSSR count). The minimum atomic E-state index is -0.293. The van der Waals surface area contributed by atoms with Crippen LogP contribution in [0.1, 0.15) is 24.1 Å². The highest BCUT2D eigenvalue weighted by Gasteiger charge is 2.17. The van der Waals surface area contributed by atoms with Gasteiger partial charge >= 0.3 is 6.03 Å². The Labute approximate surface area is 151 Å². The fraction of sp³-hybridized carbons (Fsp3) is 0.278. The van der Waals surface area contributed by atoms with Gasteiger partial charge < -0.3 is 10.2 Å². The summed E-state index contributed by atoms with van der Waals surface area (Å²) in [6.45, 7) is 2.36. The van der Waals surface area contributed by atoms with E-state index in [0.29, 0.717) is 23.0 Å². The molecule has 24 heavy (non-hydrogen) atoms. The van der Waals surface area contributed by atoms with Crippen molar-refractivity contribution in [3.8, 4) is 0 Å². The third-order valence-corrected chi connectivity index (χ3v) is 4.30. The van der Waals surface area contributed by atoms with Crippen molar-refractivity contribution in [2.45, 2.75) is 19.4 Å². The van der Waals surface area contributed by atoms with Crippen LogP contribution in [0.2, 0.25) is 10.0 Å². The summed E-state index contributed by atoms with van der Waals surface area (Å²) in [6, 6.07) is 11.1. The van der Waals surface area contributed by atoms with Crippen LogP contribution in [0.5, 0.6) is 0 Å². The summed E-state index contributed by atoms with van der Waals surface area (Å²) in [5, 5.41) is 4.01. The predicted molar refractivity (Wildman–Crippen MR) is 96.1 cm³/mol. The Morgan fingerprint density at radius 1 is 1.17 bits per heavy atom. The molecule has 2 aromatic carbocycles. The van der Waals surface area contributed by atoms with E-state index in [1.807, 2.05) is 19.1 Å². The second-order valence-corrected chi connectivity index (χ2v) is 6.47. The van der Waals surface area contributed by atoms with Crippen molar-refractivity contribution in [1.29, 1.82) is 0 Å². The standard InChI is InChI=1S/C18H19Cl2FN2O/c1-12(14-3-5-17(21)6-4-14)23(2)18(24)22-8-7-13-9-15(19)11-16(20)10-13/h3-6,9-12H,7-8H2,1-2H3,(H,22,24). The third kappa shape index (κ3) is 5.11. The van der Waals surface area contributed by atoms with E-state index in [2.05, 4.69) is 5.32 Å². The molecule has 0 aliphatic heterocycles. The smallest absolute Gasteiger partial charge is 0.317 e. The molecule has 2 amide bonds. The van der Waals surface area contributed by atoms with Gasteiger partial charge in [0, 0.05) is 23.6 Å². The molecule has 1 N–H and O–H groups in total. The Balaban J connectivity index is 1.88. The van der Waals surface area contributed by atoms with Crippen LogP contribution in [0.4, 0.5) is 9.18 Å². The zero-order chi connectivity index (χ0) is 17.7. The summed E-state index contributed by atoms with van der Waals surface area (Å²) in [6.07, 6.45) is 0.630. The Hall–Kier alpha value is -1.78. The number of hydrogen-bond acceptors (Lipinski definition) is 1. The number of benzene rings is 2. The zero-order valence-corrected chi connectivity index (χ0v) is 15.0. The first-order chi connectivity index (χ1) is 11.4. The minimum absolute atomic E-state index is 0.161. The molecule has 0 saturated heterocycles. The fourth-order valence-electron chi connectivity index (χ4n) is 2.33. The monoisotopic (exact) mass is 368 g/mol. The molecule has 1 atom stereocenters. The normalized spacial score (nSPS) is 11.9. The number of carbonyl (C=O) groups is 1. The van der Waals surface area contributed by atoms with Crippen molar-refractivity contribution < 1.29 is 9.18 Å². The quantitative estimate of drug-likeness (QED) is 0.784. The van der Waals surface area contributed by atoms with Gasteiger partial charge in [-0.25, -0.2) is 9.18 Å². The lowest BCUT2D eigenvalue weighted by Gasteiger charge is -2.25. The lowest BCUT2D eigenvalue weighted by atomic mass is 10.1. The van der Waals surface area contributed by atoms with Gasteiger partial charge in [0.2, 0.25) is 0 Å². The van der Waals surface area contributed by atoms with Crippen molar-refractivity contribution in [2.75, 3.05) is 13.6 Å². The maximum Gasteiger partial charge on any atom is 0.317 e. The second kappa shape index (κ2) is 8.36. The van der Waals surface area contributed by atoms with Gasteiger partial charge in [0.25, 0.3) is 0 Å². The van der Waals surface area contributed by atoms with E-state index in [-0.39, 0.29) is 17.9 Å². The van der Waals surface area contributed by atoms with Crippen LogP contribution in [0, 0.1) is 5.82 Å². The van der Waals surface area contributed by atoms with E-state index in [0.717, 1.165) is 11.1 Å². The Kier molecular flexibility index (Phi) is 6.46. The van der Waals surface area contributed by atoms with Crippen molar-refractivity contribution in [3.05, 3.63) is 69.5 Å². The van der Waals surface area contributed by atoms with Gasteiger partial charge in [0.05, 0.1) is 6.04 Å². The van der Waals surface area contributed by atoms with Crippen molar-refractivity contribution in [3.63, 3.8) is 0 Å². The summed E-state index contributed by atoms with van der Waals surface area (Å²) >= 11 is 11.9. The third-order valence-electron chi connectivity index (χ3n) is 3.87. The van der Waals surface area contributed by atoms with E-state index < -0.39 is 0 Å². The molecule has 0 aliphatic rings. The van der Waals surface area contributed by atoms with Crippen LogP contribution < -0.4 is 5.32 Å². The Bertz CT molecular complexity index is 686. The predicted octanol–water partition coefficient (Wildman–Crippen LogP) is 5.08. The molecule has 0 heterocycles. The van der Waals surface area contributed by atoms with Crippen LogP contribution in [0.3, 0.4) is 0 Å². The Morgan fingerprint density at radius 3 is 2.33 bits per heavy atom. The molecule has 0 bridgehead atoms. The second-order valence-electron chi connectivity index (χ2n) is 5.60. The Morgan fingerprint density at radius 2 is 1.75 bits per heavy atom. The maximum absolute atomic E-state index is 13.0. The van der Waals surface area contributed by atoms with Crippen LogP contribution in [-0.2, 0) is 6.42 Å². The summed E-state index contributed by atoms with van der Waals surface area (Å²) in [7, 11) is 1.71. The first-order valence-corrected chi connectivity index (χ1v) is 8.33. The van der Waals surface area contributed by atoms with E-state index >= 15 is 0 Å². The van der Waals surface area contributed by atoms with Crippen LogP contribution >= 0.6 is 23.2 Å². The van der Waals surface area contributed by atoms with Crippen molar-refractivity contribution in [2.24, 2.45) is 0 Å². The molecule has 2 aromatic rings. The average molecular weight is 369 g/mol. The number of urea groups is 1. The molecule has 128 valence electrons. The summed E-state index contributed by atoms with van der Waals surface area (Å²) in [5.41, 5.74) is 1.83. The molecule has 0 radical (unpaired) electrons. The van der Waals surface area contributed by atoms with Gasteiger partial charge in [0.1, 0.15) is 5.82 Å². The highest BCUT2D eigenvalue weighted by Crippen LogP contribution is 2.20. The largest absolute Gasteiger partial charge is 0.338 e. The molecule has 0 fully saturated rings. The number of hydrogen-bond donors (Lipinski definition) is 1. The topological polar surface area (TPSA) is 32.3 Å². The lowest BCUT2D eigenvalue weighted by molar-refractivity contribution is 0.194. The van der Waals surface area contributed by atoms with Gasteiger partial charge in [0.15, 0.2) is 0 Å². The number of nitrogens with zero attached hydrogens (tertiary/aromatic N) is 1. The number of rotatable bonds is 5. The van der Waals surface area contributed by atoms with Gasteiger partial charge in [-0.2, -0.15) is 0 Å². The number of carbonyl (C=O) groups excluding carboxylic acids is 1. The molecular weight excluding hydrogens is 350 g/mol. The zero-order valence-electron chi connectivity index (χ0n) is 13.5. The lowest BCUT2D eigenvalue weighted by Crippen LogP contribution is -2.39. The minimum Gasteiger partial charge on any atom is -0.338 e. The summed E-state index contributed by atoms with van der Waals surface area (Å²) in [5.74, 6) is -0.293. The van der Waals surface area contributed by atoms with E-state index in [1.165, 1.54) is 12.1 Å². The highest BCUT2D eigenvalue weighted by molar-refractivity contribution is 6.34. The number of nitrogens with one attached hydrogen (secondary N) is 1. The van der Waals surface area contributed by atoms with Gasteiger partial charge in [-0.15, -0.1) is 0 Å². The fourth-order valence-corrected chi connectivity index (χ4v) is 2.91. The molecule has 0 saturated carbocycles.